The molecule has 198 valence electrons. The summed E-state index contributed by atoms with van der Waals surface area (Å²) in [6.07, 6.45) is -3.64. The molecule has 10 nitrogen and oxygen atoms in total. The quantitative estimate of drug-likeness (QED) is 0.321. The van der Waals surface area contributed by atoms with Gasteiger partial charge in [-0.15, -0.1) is 0 Å². The summed E-state index contributed by atoms with van der Waals surface area (Å²) in [5.41, 5.74) is 2.18. The van der Waals surface area contributed by atoms with Gasteiger partial charge in [0, 0.05) is 11.1 Å². The van der Waals surface area contributed by atoms with Gasteiger partial charge >= 0.3 is 0 Å². The molecule has 7 N–H and O–H groups in total. The van der Waals surface area contributed by atoms with Crippen LogP contribution in [0.3, 0.4) is 0 Å². The second-order valence-corrected chi connectivity index (χ2v) is 9.41. The maximum atomic E-state index is 10.8. The first-order valence-corrected chi connectivity index (χ1v) is 12.1. The van der Waals surface area contributed by atoms with Gasteiger partial charge in [-0.25, -0.2) is 0 Å². The minimum atomic E-state index is -1.52. The summed E-state index contributed by atoms with van der Waals surface area (Å²) < 4.78 is 16.8. The number of methoxy groups -OCH3 is 1. The number of hydrogen-bond acceptors (Lipinski definition) is 10. The molecule has 4 bridgehead atoms. The lowest BCUT2D eigenvalue weighted by molar-refractivity contribution is -0.312. The monoisotopic (exact) mass is 506 g/mol. The number of ether oxygens (including phenoxy) is 3. The largest absolute Gasteiger partial charge is 0.507 e. The number of aliphatic hydroxyl groups is 4. The van der Waals surface area contributed by atoms with E-state index in [1.165, 1.54) is 13.2 Å². The Bertz CT molecular complexity index is 1060. The topological polar surface area (TPSA) is 169 Å². The van der Waals surface area contributed by atoms with Gasteiger partial charge < -0.3 is 50.0 Å². The van der Waals surface area contributed by atoms with Crippen LogP contribution < -0.4 is 4.74 Å². The lowest BCUT2D eigenvalue weighted by atomic mass is 9.95. The van der Waals surface area contributed by atoms with Gasteiger partial charge in [0.1, 0.15) is 30.2 Å². The second-order valence-electron chi connectivity index (χ2n) is 9.41. The van der Waals surface area contributed by atoms with Crippen LogP contribution in [0.1, 0.15) is 36.8 Å². The first-order chi connectivity index (χ1) is 17.2. The van der Waals surface area contributed by atoms with Crippen molar-refractivity contribution in [3.05, 3.63) is 35.4 Å². The van der Waals surface area contributed by atoms with E-state index in [2.05, 4.69) is 0 Å². The van der Waals surface area contributed by atoms with E-state index in [1.54, 1.807) is 18.2 Å². The molecule has 10 heteroatoms. The summed E-state index contributed by atoms with van der Waals surface area (Å²) >= 11 is 0. The molecule has 2 aromatic rings. The van der Waals surface area contributed by atoms with Gasteiger partial charge in [0.15, 0.2) is 17.8 Å². The average molecular weight is 507 g/mol. The number of phenolic OH excluding ortho intramolecular Hbond substituents is 3. The van der Waals surface area contributed by atoms with Crippen LogP contribution in [0.5, 0.6) is 23.0 Å². The standard InChI is InChI=1S/C26H34O10/c1-34-25-20(29)14-4-2-3-5-15(35-26-24(33)23(32)22(31)19(12-27)36-26)8-6-13-7-9-18(28)16(10-13)17(11-14)21(25)30/h7,9-11,15,19,22-24,26-33H,2-6,8,12H2,1H3/t15-,19+,22+,23-,24+,26+/m1/s1. The van der Waals surface area contributed by atoms with Crippen molar-refractivity contribution in [2.24, 2.45) is 0 Å². The summed E-state index contributed by atoms with van der Waals surface area (Å²) in [5.74, 6) is -0.494. The maximum Gasteiger partial charge on any atom is 0.203 e. The smallest absolute Gasteiger partial charge is 0.203 e. The Labute approximate surface area is 208 Å². The molecule has 0 spiro atoms. The molecule has 1 saturated heterocycles. The molecule has 0 saturated carbocycles. The van der Waals surface area contributed by atoms with Crippen molar-refractivity contribution in [3.63, 3.8) is 0 Å². The van der Waals surface area contributed by atoms with Gasteiger partial charge in [0.2, 0.25) is 5.75 Å². The molecular weight excluding hydrogens is 472 g/mol. The fourth-order valence-electron chi connectivity index (χ4n) is 4.90. The molecule has 1 aliphatic carbocycles. The Morgan fingerprint density at radius 2 is 1.67 bits per heavy atom. The zero-order valence-electron chi connectivity index (χ0n) is 20.1. The van der Waals surface area contributed by atoms with E-state index in [9.17, 15) is 35.7 Å². The highest BCUT2D eigenvalue weighted by atomic mass is 16.7. The van der Waals surface area contributed by atoms with Gasteiger partial charge in [-0.1, -0.05) is 12.5 Å². The van der Waals surface area contributed by atoms with Crippen molar-refractivity contribution >= 4 is 0 Å². The molecule has 1 aliphatic heterocycles. The Morgan fingerprint density at radius 3 is 2.39 bits per heavy atom. The molecule has 6 atom stereocenters. The van der Waals surface area contributed by atoms with Crippen LogP contribution in [0.4, 0.5) is 0 Å². The highest BCUT2D eigenvalue weighted by Gasteiger charge is 2.44. The summed E-state index contributed by atoms with van der Waals surface area (Å²) in [5, 5.41) is 71.9. The van der Waals surface area contributed by atoms with Crippen LogP contribution in [-0.4, -0.2) is 86.3 Å². The zero-order valence-corrected chi connectivity index (χ0v) is 20.1. The van der Waals surface area contributed by atoms with E-state index < -0.39 is 37.3 Å². The number of aryl methyl sites for hydroxylation is 2. The van der Waals surface area contributed by atoms with E-state index in [1.807, 2.05) is 0 Å². The maximum absolute atomic E-state index is 10.8. The molecule has 0 amide bonds. The van der Waals surface area contributed by atoms with Crippen LogP contribution in [0.2, 0.25) is 0 Å². The number of phenols is 3. The van der Waals surface area contributed by atoms with Gasteiger partial charge in [-0.2, -0.15) is 0 Å². The number of hydrogen-bond donors (Lipinski definition) is 7. The minimum Gasteiger partial charge on any atom is -0.507 e. The van der Waals surface area contributed by atoms with Crippen molar-refractivity contribution in [1.29, 1.82) is 0 Å². The van der Waals surface area contributed by atoms with Crippen LogP contribution in [0, 0.1) is 0 Å². The summed E-state index contributed by atoms with van der Waals surface area (Å²) in [4.78, 5) is 0. The van der Waals surface area contributed by atoms with E-state index in [0.29, 0.717) is 55.2 Å². The van der Waals surface area contributed by atoms with Crippen LogP contribution in [0.25, 0.3) is 11.1 Å². The van der Waals surface area contributed by atoms with Crippen molar-refractivity contribution in [3.8, 4) is 34.1 Å². The van der Waals surface area contributed by atoms with E-state index in [0.717, 1.165) is 5.56 Å². The molecule has 0 radical (unpaired) electrons. The molecule has 36 heavy (non-hydrogen) atoms. The predicted molar refractivity (Wildman–Crippen MR) is 128 cm³/mol. The Balaban J connectivity index is 1.62. The first kappa shape index (κ1) is 26.5. The third-order valence-electron chi connectivity index (χ3n) is 7.02. The fraction of sp³-hybridized carbons (Fsp3) is 0.538. The molecule has 1 fully saturated rings. The second kappa shape index (κ2) is 11.2. The molecule has 0 aromatic heterocycles. The van der Waals surface area contributed by atoms with Gasteiger partial charge in [0.25, 0.3) is 0 Å². The fourth-order valence-corrected chi connectivity index (χ4v) is 4.90. The zero-order chi connectivity index (χ0) is 26.0. The SMILES string of the molecule is COc1c(O)c2cc(c1O)-c1cc(ccc1O)CC[C@H](O[C@H]1O[C@@H](CO)[C@H](O)[C@@H](O)[C@@H]1O)CCCC2. The van der Waals surface area contributed by atoms with E-state index in [4.69, 9.17) is 14.2 Å². The number of rotatable bonds is 4. The van der Waals surface area contributed by atoms with Crippen LogP contribution >= 0.6 is 0 Å². The lowest BCUT2D eigenvalue weighted by Gasteiger charge is -2.41. The molecule has 2 aliphatic rings. The Kier molecular flexibility index (Phi) is 8.23. The first-order valence-electron chi connectivity index (χ1n) is 12.1. The van der Waals surface area contributed by atoms with Crippen molar-refractivity contribution < 1.29 is 50.0 Å². The Morgan fingerprint density at radius 1 is 0.889 bits per heavy atom. The number of aromatic hydroxyl groups is 3. The van der Waals surface area contributed by atoms with Crippen LogP contribution in [0.15, 0.2) is 24.3 Å². The Hall–Kier alpha value is -2.60. The third-order valence-corrected chi connectivity index (χ3v) is 7.02. The minimum absolute atomic E-state index is 0.0308. The van der Waals surface area contributed by atoms with Crippen molar-refractivity contribution in [1.82, 2.24) is 0 Å². The average Bonchev–Trinajstić information content (AvgIpc) is 2.88. The number of aliphatic hydroxyl groups excluding tert-OH is 4. The molecule has 0 unspecified atom stereocenters. The highest BCUT2D eigenvalue weighted by Crippen LogP contribution is 2.48. The van der Waals surface area contributed by atoms with Crippen LogP contribution in [-0.2, 0) is 22.3 Å². The van der Waals surface area contributed by atoms with E-state index in [-0.39, 0.29) is 29.1 Å². The molecule has 4 rings (SSSR count). The van der Waals surface area contributed by atoms with Gasteiger partial charge in [0.05, 0.1) is 19.8 Å². The molecular formula is C26H34O10. The molecule has 2 aromatic carbocycles. The summed E-state index contributed by atoms with van der Waals surface area (Å²) in [6.45, 7) is -0.538. The van der Waals surface area contributed by atoms with Gasteiger partial charge in [-0.3, -0.25) is 0 Å². The predicted octanol–water partition coefficient (Wildman–Crippen LogP) is 1.32. The van der Waals surface area contributed by atoms with E-state index >= 15 is 0 Å². The number of benzene rings is 2. The highest BCUT2D eigenvalue weighted by molar-refractivity contribution is 5.81. The summed E-state index contributed by atoms with van der Waals surface area (Å²) in [7, 11) is 1.35. The lowest BCUT2D eigenvalue weighted by Crippen LogP contribution is -2.59. The normalized spacial score (nSPS) is 29.0. The van der Waals surface area contributed by atoms with Crippen molar-refractivity contribution in [2.75, 3.05) is 13.7 Å². The number of fused-ring (bicyclic) bond motifs is 5. The van der Waals surface area contributed by atoms with Crippen molar-refractivity contribution in [2.45, 2.75) is 75.3 Å². The van der Waals surface area contributed by atoms with Gasteiger partial charge in [-0.05, 0) is 61.4 Å². The summed E-state index contributed by atoms with van der Waals surface area (Å²) in [6, 6.07) is 6.72. The third kappa shape index (κ3) is 5.24. The molecule has 1 heterocycles.